The summed E-state index contributed by atoms with van der Waals surface area (Å²) in [5, 5.41) is 12.8. The average molecular weight is 471 g/mol. The largest absolute Gasteiger partial charge is 0.382 e. The number of carbonyl (C=O) groups excluding carboxylic acids is 2. The molecular weight excluding hydrogens is 452 g/mol. The van der Waals surface area contributed by atoms with Crippen molar-refractivity contribution < 1.29 is 14.2 Å². The molecule has 0 aliphatic heterocycles. The van der Waals surface area contributed by atoms with Gasteiger partial charge in [0.05, 0.1) is 5.69 Å². The van der Waals surface area contributed by atoms with Crippen molar-refractivity contribution in [1.82, 2.24) is 15.6 Å². The number of aryl methyl sites for hydroxylation is 1. The number of aromatic nitrogens is 2. The Balaban J connectivity index is 1.73. The van der Waals surface area contributed by atoms with Crippen LogP contribution >= 0.6 is 15.9 Å². The minimum Gasteiger partial charge on any atom is -0.382 e. The molecule has 1 aromatic heterocycles. The van der Waals surface area contributed by atoms with Crippen molar-refractivity contribution in [2.45, 2.75) is 20.4 Å². The molecule has 3 aromatic rings. The Labute approximate surface area is 180 Å². The average Bonchev–Trinajstić information content (AvgIpc) is 3.17. The number of nitrogens with one attached hydrogen (secondary N) is 2. The summed E-state index contributed by atoms with van der Waals surface area (Å²) in [6.07, 6.45) is 0. The van der Waals surface area contributed by atoms with Crippen molar-refractivity contribution >= 4 is 45.1 Å². The summed E-state index contributed by atoms with van der Waals surface area (Å²) >= 11 is 3.45. The molecule has 0 aliphatic rings. The van der Waals surface area contributed by atoms with Gasteiger partial charge in [-0.15, -0.1) is 0 Å². The lowest BCUT2D eigenvalue weighted by atomic mass is 10.1. The number of amides is 2. The lowest BCUT2D eigenvalue weighted by molar-refractivity contribution is -0.119. The molecule has 0 saturated carbocycles. The van der Waals surface area contributed by atoms with E-state index in [2.05, 4.69) is 41.9 Å². The van der Waals surface area contributed by atoms with E-state index in [1.54, 1.807) is 30.3 Å². The topological polar surface area (TPSA) is 136 Å². The summed E-state index contributed by atoms with van der Waals surface area (Å²) < 4.78 is 5.63. The van der Waals surface area contributed by atoms with Crippen molar-refractivity contribution in [3.8, 4) is 0 Å². The van der Waals surface area contributed by atoms with Gasteiger partial charge in [0, 0.05) is 23.5 Å². The maximum absolute atomic E-state index is 12.5. The number of halogens is 1. The van der Waals surface area contributed by atoms with E-state index in [4.69, 9.17) is 10.4 Å². The second kappa shape index (κ2) is 9.31. The van der Waals surface area contributed by atoms with E-state index < -0.39 is 5.91 Å². The molecule has 10 heteroatoms. The summed E-state index contributed by atoms with van der Waals surface area (Å²) in [4.78, 5) is 27.8. The first kappa shape index (κ1) is 21.2. The molecule has 1 heterocycles. The maximum Gasteiger partial charge on any atom is 0.256 e. The molecule has 0 aliphatic carbocycles. The number of benzene rings is 2. The second-order valence-electron chi connectivity index (χ2n) is 6.45. The molecule has 0 fully saturated rings. The Morgan fingerprint density at radius 1 is 1.17 bits per heavy atom. The number of hydrogen-bond acceptors (Lipinski definition) is 6. The highest BCUT2D eigenvalue weighted by Gasteiger charge is 2.17. The minimum atomic E-state index is -0.413. The number of amidine groups is 1. The molecule has 2 amide bonds. The van der Waals surface area contributed by atoms with Gasteiger partial charge in [-0.3, -0.25) is 9.59 Å². The molecule has 0 atom stereocenters. The van der Waals surface area contributed by atoms with Crippen molar-refractivity contribution in [3.05, 3.63) is 69.3 Å². The van der Waals surface area contributed by atoms with E-state index in [0.717, 1.165) is 15.6 Å². The SMILES string of the molecule is CC(=O)NCc1ccc(C(=O)Nc2nonc2C(N)=Nc2ccc(C)c(Br)c2)cc1. The lowest BCUT2D eigenvalue weighted by Gasteiger charge is -2.06. The van der Waals surface area contributed by atoms with Crippen LogP contribution in [0.3, 0.4) is 0 Å². The Morgan fingerprint density at radius 2 is 1.90 bits per heavy atom. The van der Waals surface area contributed by atoms with Gasteiger partial charge in [-0.1, -0.05) is 34.1 Å². The number of rotatable bonds is 6. The third kappa shape index (κ3) is 5.29. The van der Waals surface area contributed by atoms with E-state index in [1.165, 1.54) is 6.92 Å². The summed E-state index contributed by atoms with van der Waals surface area (Å²) in [5.74, 6) is -0.424. The van der Waals surface area contributed by atoms with Crippen molar-refractivity contribution in [2.75, 3.05) is 5.32 Å². The molecule has 2 aromatic carbocycles. The van der Waals surface area contributed by atoms with Crippen LogP contribution in [0.15, 0.2) is 56.6 Å². The number of nitrogens with zero attached hydrogens (tertiary/aromatic N) is 3. The minimum absolute atomic E-state index is 0.0490. The molecule has 154 valence electrons. The van der Waals surface area contributed by atoms with Crippen LogP contribution in [0.4, 0.5) is 11.5 Å². The molecule has 0 spiro atoms. The van der Waals surface area contributed by atoms with Gasteiger partial charge in [0.2, 0.25) is 11.7 Å². The Bertz CT molecular complexity index is 1110. The van der Waals surface area contributed by atoms with Crippen LogP contribution in [0.5, 0.6) is 0 Å². The van der Waals surface area contributed by atoms with E-state index in [1.807, 2.05) is 19.1 Å². The maximum atomic E-state index is 12.5. The Hall–Kier alpha value is -3.53. The number of nitrogens with two attached hydrogens (primary N) is 1. The highest BCUT2D eigenvalue weighted by Crippen LogP contribution is 2.23. The predicted molar refractivity (Wildman–Crippen MR) is 115 cm³/mol. The summed E-state index contributed by atoms with van der Waals surface area (Å²) in [5.41, 5.74) is 9.10. The summed E-state index contributed by atoms with van der Waals surface area (Å²) in [7, 11) is 0. The monoisotopic (exact) mass is 470 g/mol. The molecular formula is C20H19BrN6O3. The van der Waals surface area contributed by atoms with Crippen LogP contribution in [-0.2, 0) is 11.3 Å². The third-order valence-corrected chi connectivity index (χ3v) is 4.98. The van der Waals surface area contributed by atoms with Gasteiger partial charge in [-0.05, 0) is 52.6 Å². The number of anilines is 1. The Kier molecular flexibility index (Phi) is 6.58. The standard InChI is InChI=1S/C20H19BrN6O3/c1-11-3-8-15(9-16(11)21)24-18(22)17-19(27-30-26-17)25-20(29)14-6-4-13(5-7-14)10-23-12(2)28/h3-9H,10H2,1-2H3,(H2,22,24)(H,23,28)(H,25,27,29). The zero-order valence-electron chi connectivity index (χ0n) is 16.3. The molecule has 30 heavy (non-hydrogen) atoms. The number of aliphatic imine (C=N–C) groups is 1. The van der Waals surface area contributed by atoms with Crippen LogP contribution in [-0.4, -0.2) is 28.0 Å². The first-order chi connectivity index (χ1) is 14.3. The van der Waals surface area contributed by atoms with Crippen LogP contribution in [0, 0.1) is 6.92 Å². The van der Waals surface area contributed by atoms with Crippen molar-refractivity contribution in [2.24, 2.45) is 10.7 Å². The fraction of sp³-hybridized carbons (Fsp3) is 0.150. The fourth-order valence-electron chi connectivity index (χ4n) is 2.46. The van der Waals surface area contributed by atoms with Crippen molar-refractivity contribution in [1.29, 1.82) is 0 Å². The first-order valence-corrected chi connectivity index (χ1v) is 9.70. The molecule has 3 rings (SSSR count). The van der Waals surface area contributed by atoms with E-state index in [0.29, 0.717) is 17.8 Å². The van der Waals surface area contributed by atoms with Gasteiger partial charge >= 0.3 is 0 Å². The predicted octanol–water partition coefficient (Wildman–Crippen LogP) is 3.07. The molecule has 0 radical (unpaired) electrons. The van der Waals surface area contributed by atoms with E-state index in [9.17, 15) is 9.59 Å². The van der Waals surface area contributed by atoms with Gasteiger partial charge in [-0.25, -0.2) is 9.62 Å². The van der Waals surface area contributed by atoms with Crippen LogP contribution < -0.4 is 16.4 Å². The zero-order valence-corrected chi connectivity index (χ0v) is 17.9. The van der Waals surface area contributed by atoms with Gasteiger partial charge < -0.3 is 16.4 Å². The molecule has 0 unspecified atom stereocenters. The molecule has 4 N–H and O–H groups in total. The smallest absolute Gasteiger partial charge is 0.256 e. The Morgan fingerprint density at radius 3 is 2.57 bits per heavy atom. The highest BCUT2D eigenvalue weighted by molar-refractivity contribution is 9.10. The van der Waals surface area contributed by atoms with E-state index >= 15 is 0 Å². The number of hydrogen-bond donors (Lipinski definition) is 3. The van der Waals surface area contributed by atoms with Crippen molar-refractivity contribution in [3.63, 3.8) is 0 Å². The van der Waals surface area contributed by atoms with E-state index in [-0.39, 0.29) is 23.3 Å². The molecule has 0 bridgehead atoms. The molecule has 0 saturated heterocycles. The zero-order chi connectivity index (χ0) is 21.7. The van der Waals surface area contributed by atoms with Crippen LogP contribution in [0.25, 0.3) is 0 Å². The van der Waals surface area contributed by atoms with Crippen LogP contribution in [0.2, 0.25) is 0 Å². The fourth-order valence-corrected chi connectivity index (χ4v) is 2.83. The summed E-state index contributed by atoms with van der Waals surface area (Å²) in [6.45, 7) is 3.79. The number of carbonyl (C=O) groups is 2. The summed E-state index contributed by atoms with van der Waals surface area (Å²) in [6, 6.07) is 12.3. The second-order valence-corrected chi connectivity index (χ2v) is 7.31. The lowest BCUT2D eigenvalue weighted by Crippen LogP contribution is -2.20. The van der Waals surface area contributed by atoms with Gasteiger partial charge in [0.1, 0.15) is 0 Å². The van der Waals surface area contributed by atoms with Gasteiger partial charge in [-0.2, -0.15) is 0 Å². The normalized spacial score (nSPS) is 11.2. The van der Waals surface area contributed by atoms with Gasteiger partial charge in [0.15, 0.2) is 11.5 Å². The third-order valence-electron chi connectivity index (χ3n) is 4.13. The highest BCUT2D eigenvalue weighted by atomic mass is 79.9. The quantitative estimate of drug-likeness (QED) is 0.374. The van der Waals surface area contributed by atoms with Gasteiger partial charge in [0.25, 0.3) is 5.91 Å². The molecule has 9 nitrogen and oxygen atoms in total. The van der Waals surface area contributed by atoms with Crippen LogP contribution in [0.1, 0.15) is 34.1 Å². The first-order valence-electron chi connectivity index (χ1n) is 8.91.